The Balaban J connectivity index is 2.06. The van der Waals surface area contributed by atoms with E-state index in [9.17, 15) is 4.39 Å². The van der Waals surface area contributed by atoms with Crippen LogP contribution in [0.3, 0.4) is 0 Å². The van der Waals surface area contributed by atoms with Crippen LogP contribution in [0, 0.1) is 12.7 Å². The molecule has 0 spiro atoms. The fourth-order valence-corrected chi connectivity index (χ4v) is 3.15. The van der Waals surface area contributed by atoms with Gasteiger partial charge in [0.1, 0.15) is 6.61 Å². The van der Waals surface area contributed by atoms with E-state index in [-0.39, 0.29) is 5.82 Å². The normalized spacial score (nSPS) is 11.4. The Hall–Kier alpha value is -1.61. The smallest absolute Gasteiger partial charge is 0.165 e. The molecule has 0 atom stereocenters. The van der Waals surface area contributed by atoms with Gasteiger partial charge in [0.15, 0.2) is 11.6 Å². The van der Waals surface area contributed by atoms with Crippen molar-refractivity contribution in [2.24, 2.45) is 0 Å². The van der Waals surface area contributed by atoms with Crippen LogP contribution in [0.5, 0.6) is 5.75 Å². The van der Waals surface area contributed by atoms with Gasteiger partial charge in [-0.15, -0.1) is 0 Å². The first kappa shape index (κ1) is 14.8. The standard InChI is InChI=1S/C17H21FOSi/c1-13-5-10-16(18)17(11-13)19-12-14-6-8-15(9-7-14)20(2,3)4/h5-11H,12H2,1-4H3. The minimum Gasteiger partial charge on any atom is -0.486 e. The van der Waals surface area contributed by atoms with E-state index in [2.05, 4.69) is 43.9 Å². The molecule has 0 aliphatic carbocycles. The summed E-state index contributed by atoms with van der Waals surface area (Å²) in [5.41, 5.74) is 2.06. The number of benzene rings is 2. The van der Waals surface area contributed by atoms with Gasteiger partial charge < -0.3 is 4.74 Å². The van der Waals surface area contributed by atoms with Crippen molar-refractivity contribution in [2.45, 2.75) is 33.2 Å². The van der Waals surface area contributed by atoms with Crippen molar-refractivity contribution in [2.75, 3.05) is 0 Å². The molecule has 0 amide bonds. The zero-order valence-corrected chi connectivity index (χ0v) is 13.5. The van der Waals surface area contributed by atoms with Crippen LogP contribution in [0.2, 0.25) is 19.6 Å². The van der Waals surface area contributed by atoms with Crippen molar-refractivity contribution in [3.8, 4) is 5.75 Å². The molecule has 0 saturated heterocycles. The summed E-state index contributed by atoms with van der Waals surface area (Å²) in [5.74, 6) is 0.00796. The summed E-state index contributed by atoms with van der Waals surface area (Å²) >= 11 is 0. The Morgan fingerprint density at radius 3 is 2.25 bits per heavy atom. The van der Waals surface area contributed by atoms with Gasteiger partial charge in [-0.05, 0) is 30.2 Å². The molecular weight excluding hydrogens is 267 g/mol. The van der Waals surface area contributed by atoms with Crippen LogP contribution < -0.4 is 9.92 Å². The summed E-state index contributed by atoms with van der Waals surface area (Å²) in [5, 5.41) is 1.42. The van der Waals surface area contributed by atoms with E-state index >= 15 is 0 Å². The van der Waals surface area contributed by atoms with Crippen molar-refractivity contribution in [1.29, 1.82) is 0 Å². The number of rotatable bonds is 4. The molecule has 0 unspecified atom stereocenters. The lowest BCUT2D eigenvalue weighted by molar-refractivity contribution is 0.290. The second-order valence-corrected chi connectivity index (χ2v) is 11.2. The van der Waals surface area contributed by atoms with Gasteiger partial charge in [0.25, 0.3) is 0 Å². The highest BCUT2D eigenvalue weighted by Gasteiger charge is 2.15. The van der Waals surface area contributed by atoms with Crippen molar-refractivity contribution in [1.82, 2.24) is 0 Å². The van der Waals surface area contributed by atoms with E-state index in [1.807, 2.05) is 6.92 Å². The van der Waals surface area contributed by atoms with Crippen LogP contribution in [-0.2, 0) is 6.61 Å². The zero-order chi connectivity index (χ0) is 14.8. The van der Waals surface area contributed by atoms with Gasteiger partial charge in [0.05, 0.1) is 8.07 Å². The van der Waals surface area contributed by atoms with Gasteiger partial charge in [-0.3, -0.25) is 0 Å². The molecule has 1 nitrogen and oxygen atoms in total. The van der Waals surface area contributed by atoms with Crippen LogP contribution in [0.4, 0.5) is 4.39 Å². The Kier molecular flexibility index (Phi) is 4.28. The molecular formula is C17H21FOSi. The topological polar surface area (TPSA) is 9.23 Å². The van der Waals surface area contributed by atoms with E-state index in [4.69, 9.17) is 4.74 Å². The van der Waals surface area contributed by atoms with Crippen molar-refractivity contribution < 1.29 is 9.13 Å². The lowest BCUT2D eigenvalue weighted by Crippen LogP contribution is -2.37. The monoisotopic (exact) mass is 288 g/mol. The first-order valence-electron chi connectivity index (χ1n) is 6.84. The largest absolute Gasteiger partial charge is 0.486 e. The Bertz CT molecular complexity index is 585. The van der Waals surface area contributed by atoms with E-state index in [0.29, 0.717) is 12.4 Å². The van der Waals surface area contributed by atoms with Crippen LogP contribution in [0.1, 0.15) is 11.1 Å². The zero-order valence-electron chi connectivity index (χ0n) is 12.5. The number of ether oxygens (including phenoxy) is 1. The molecule has 0 aliphatic rings. The van der Waals surface area contributed by atoms with Crippen LogP contribution in [0.15, 0.2) is 42.5 Å². The van der Waals surface area contributed by atoms with Crippen molar-refractivity contribution >= 4 is 13.3 Å². The Morgan fingerprint density at radius 1 is 1.00 bits per heavy atom. The fraction of sp³-hybridized carbons (Fsp3) is 0.294. The third-order valence-electron chi connectivity index (χ3n) is 3.30. The molecule has 0 radical (unpaired) electrons. The summed E-state index contributed by atoms with van der Waals surface area (Å²) < 4.78 is 19.1. The molecule has 0 N–H and O–H groups in total. The molecule has 0 aromatic heterocycles. The molecule has 0 saturated carbocycles. The van der Waals surface area contributed by atoms with Crippen molar-refractivity contribution in [3.63, 3.8) is 0 Å². The van der Waals surface area contributed by atoms with Gasteiger partial charge in [0.2, 0.25) is 0 Å². The van der Waals surface area contributed by atoms with E-state index < -0.39 is 8.07 Å². The average Bonchev–Trinajstić information content (AvgIpc) is 2.39. The molecule has 0 heterocycles. The summed E-state index contributed by atoms with van der Waals surface area (Å²) in [6, 6.07) is 13.4. The lowest BCUT2D eigenvalue weighted by atomic mass is 10.2. The highest BCUT2D eigenvalue weighted by molar-refractivity contribution is 6.88. The minimum atomic E-state index is -1.26. The molecule has 0 bridgehead atoms. The number of hydrogen-bond acceptors (Lipinski definition) is 1. The molecule has 2 rings (SSSR count). The molecule has 3 heteroatoms. The van der Waals surface area contributed by atoms with Gasteiger partial charge >= 0.3 is 0 Å². The van der Waals surface area contributed by atoms with Gasteiger partial charge in [-0.2, -0.15) is 0 Å². The maximum atomic E-state index is 13.6. The predicted molar refractivity (Wildman–Crippen MR) is 84.9 cm³/mol. The third-order valence-corrected chi connectivity index (χ3v) is 5.37. The SMILES string of the molecule is Cc1ccc(F)c(OCc2ccc([Si](C)(C)C)cc2)c1. The first-order valence-corrected chi connectivity index (χ1v) is 10.3. The van der Waals surface area contributed by atoms with Crippen LogP contribution in [-0.4, -0.2) is 8.07 Å². The third kappa shape index (κ3) is 3.70. The maximum absolute atomic E-state index is 13.6. The van der Waals surface area contributed by atoms with E-state index in [1.165, 1.54) is 11.3 Å². The Labute approximate surface area is 121 Å². The highest BCUT2D eigenvalue weighted by Crippen LogP contribution is 2.19. The molecule has 2 aromatic rings. The summed E-state index contributed by atoms with van der Waals surface area (Å²) in [6.07, 6.45) is 0. The predicted octanol–water partition coefficient (Wildman–Crippen LogP) is 4.26. The summed E-state index contributed by atoms with van der Waals surface area (Å²) in [6.45, 7) is 9.28. The quantitative estimate of drug-likeness (QED) is 0.764. The van der Waals surface area contributed by atoms with E-state index in [1.54, 1.807) is 12.1 Å². The fourth-order valence-electron chi connectivity index (χ4n) is 1.98. The van der Waals surface area contributed by atoms with Crippen LogP contribution in [0.25, 0.3) is 0 Å². The Morgan fingerprint density at radius 2 is 1.65 bits per heavy atom. The van der Waals surface area contributed by atoms with Crippen LogP contribution >= 0.6 is 0 Å². The van der Waals surface area contributed by atoms with Crippen molar-refractivity contribution in [3.05, 3.63) is 59.4 Å². The van der Waals surface area contributed by atoms with Gasteiger partial charge in [-0.1, -0.05) is 55.2 Å². The maximum Gasteiger partial charge on any atom is 0.165 e. The summed E-state index contributed by atoms with van der Waals surface area (Å²) in [4.78, 5) is 0. The lowest BCUT2D eigenvalue weighted by Gasteiger charge is -2.17. The van der Waals surface area contributed by atoms with Gasteiger partial charge in [0, 0.05) is 0 Å². The molecule has 20 heavy (non-hydrogen) atoms. The average molecular weight is 288 g/mol. The number of hydrogen-bond donors (Lipinski definition) is 0. The van der Waals surface area contributed by atoms with Gasteiger partial charge in [-0.25, -0.2) is 4.39 Å². The van der Waals surface area contributed by atoms with E-state index in [0.717, 1.165) is 11.1 Å². The summed E-state index contributed by atoms with van der Waals surface area (Å²) in [7, 11) is -1.26. The second-order valence-electron chi connectivity index (χ2n) is 6.17. The first-order chi connectivity index (χ1) is 9.36. The molecule has 106 valence electrons. The molecule has 0 aliphatic heterocycles. The highest BCUT2D eigenvalue weighted by atomic mass is 28.3. The molecule has 0 fully saturated rings. The second kappa shape index (κ2) is 5.79. The minimum absolute atomic E-state index is 0.311. The number of halogens is 1. The number of aryl methyl sites for hydroxylation is 1. The molecule has 2 aromatic carbocycles.